The van der Waals surface area contributed by atoms with Crippen LogP contribution < -0.4 is 19.5 Å². The van der Waals surface area contributed by atoms with Crippen molar-refractivity contribution in [3.05, 3.63) is 58.6 Å². The van der Waals surface area contributed by atoms with Crippen LogP contribution in [0.25, 0.3) is 6.08 Å². The summed E-state index contributed by atoms with van der Waals surface area (Å²) in [5.41, 5.74) is 1.88. The highest BCUT2D eigenvalue weighted by atomic mass is 35.5. The van der Waals surface area contributed by atoms with Gasteiger partial charge >= 0.3 is 0 Å². The Morgan fingerprint density at radius 2 is 2.00 bits per heavy atom. The van der Waals surface area contributed by atoms with E-state index in [2.05, 4.69) is 16.3 Å². The number of nitrogens with one attached hydrogen (secondary N) is 1. The van der Waals surface area contributed by atoms with E-state index in [1.54, 1.807) is 19.3 Å². The summed E-state index contributed by atoms with van der Waals surface area (Å²) < 4.78 is 16.7. The molecular weight excluding hydrogens is 416 g/mol. The highest BCUT2D eigenvalue weighted by molar-refractivity contribution is 6.32. The quantitative estimate of drug-likeness (QED) is 0.654. The van der Waals surface area contributed by atoms with Gasteiger partial charge in [0.15, 0.2) is 11.5 Å². The Balaban J connectivity index is 1.44. The molecule has 0 spiro atoms. The van der Waals surface area contributed by atoms with Gasteiger partial charge in [-0.3, -0.25) is 9.69 Å². The zero-order chi connectivity index (χ0) is 21.6. The largest absolute Gasteiger partial charge is 0.496 e. The predicted molar refractivity (Wildman–Crippen MR) is 121 cm³/mol. The molecule has 2 aliphatic rings. The molecule has 31 heavy (non-hydrogen) atoms. The summed E-state index contributed by atoms with van der Waals surface area (Å²) in [5, 5.41) is 3.52. The first kappa shape index (κ1) is 21.5. The summed E-state index contributed by atoms with van der Waals surface area (Å²) in [4.78, 5) is 15.0. The van der Waals surface area contributed by atoms with Crippen molar-refractivity contribution < 1.29 is 19.0 Å². The van der Waals surface area contributed by atoms with Crippen LogP contribution in [0.3, 0.4) is 0 Å². The highest BCUT2D eigenvalue weighted by Crippen LogP contribution is 2.38. The molecule has 2 heterocycles. The third kappa shape index (κ3) is 5.14. The molecule has 0 radical (unpaired) electrons. The number of hydrogen-bond acceptors (Lipinski definition) is 5. The van der Waals surface area contributed by atoms with Crippen molar-refractivity contribution in [2.75, 3.05) is 40.0 Å². The third-order valence-corrected chi connectivity index (χ3v) is 5.88. The van der Waals surface area contributed by atoms with Gasteiger partial charge in [0.1, 0.15) is 19.0 Å². The lowest BCUT2D eigenvalue weighted by Crippen LogP contribution is -2.36. The number of fused-ring (bicyclic) bond motifs is 1. The Kier molecular flexibility index (Phi) is 6.99. The molecule has 1 fully saturated rings. The first-order valence-corrected chi connectivity index (χ1v) is 11.0. The average molecular weight is 443 g/mol. The predicted octanol–water partition coefficient (Wildman–Crippen LogP) is 4.09. The topological polar surface area (TPSA) is 60.0 Å². The fraction of sp³-hybridized carbons (Fsp3) is 0.375. The fourth-order valence-electron chi connectivity index (χ4n) is 4.09. The number of methoxy groups -OCH3 is 1. The lowest BCUT2D eigenvalue weighted by atomic mass is 10.0. The van der Waals surface area contributed by atoms with Crippen molar-refractivity contribution in [1.82, 2.24) is 10.2 Å². The summed E-state index contributed by atoms with van der Waals surface area (Å²) in [6.07, 6.45) is 5.59. The summed E-state index contributed by atoms with van der Waals surface area (Å²) in [6.45, 7) is 3.51. The number of likely N-dealkylation sites (tertiary alicyclic amines) is 1. The van der Waals surface area contributed by atoms with E-state index >= 15 is 0 Å². The van der Waals surface area contributed by atoms with E-state index in [1.165, 1.54) is 18.9 Å². The van der Waals surface area contributed by atoms with E-state index in [0.29, 0.717) is 36.3 Å². The van der Waals surface area contributed by atoms with E-state index in [-0.39, 0.29) is 11.9 Å². The highest BCUT2D eigenvalue weighted by Gasteiger charge is 2.26. The monoisotopic (exact) mass is 442 g/mol. The number of halogens is 1. The van der Waals surface area contributed by atoms with E-state index in [4.69, 9.17) is 25.8 Å². The molecule has 2 aromatic rings. The van der Waals surface area contributed by atoms with Crippen LogP contribution in [-0.4, -0.2) is 50.8 Å². The first-order chi connectivity index (χ1) is 15.2. The van der Waals surface area contributed by atoms with Crippen LogP contribution in [0.15, 0.2) is 42.5 Å². The molecule has 0 aliphatic carbocycles. The third-order valence-electron chi connectivity index (χ3n) is 5.60. The van der Waals surface area contributed by atoms with Crippen molar-refractivity contribution >= 4 is 23.6 Å². The second-order valence-electron chi connectivity index (χ2n) is 7.61. The van der Waals surface area contributed by atoms with E-state index in [1.807, 2.05) is 24.3 Å². The first-order valence-electron chi connectivity index (χ1n) is 10.6. The zero-order valence-corrected chi connectivity index (χ0v) is 18.4. The number of rotatable bonds is 7. The van der Waals surface area contributed by atoms with Gasteiger partial charge in [-0.25, -0.2) is 0 Å². The van der Waals surface area contributed by atoms with Crippen LogP contribution in [0.4, 0.5) is 0 Å². The molecule has 0 saturated carbocycles. The molecule has 164 valence electrons. The molecule has 2 aliphatic heterocycles. The SMILES string of the molecule is COc1ccccc1C(CNC(=O)/C=C/c1cc(Cl)c2c(c1)OCCO2)N1CCCC1. The van der Waals surface area contributed by atoms with Gasteiger partial charge in [-0.2, -0.15) is 0 Å². The number of carbonyl (C=O) groups is 1. The van der Waals surface area contributed by atoms with Crippen molar-refractivity contribution in [3.8, 4) is 17.2 Å². The van der Waals surface area contributed by atoms with Gasteiger partial charge in [-0.05, 0) is 55.8 Å². The van der Waals surface area contributed by atoms with Gasteiger partial charge in [0.25, 0.3) is 0 Å². The normalized spacial score (nSPS) is 17.0. The molecule has 1 atom stereocenters. The van der Waals surface area contributed by atoms with E-state index in [9.17, 15) is 4.79 Å². The Labute approximate surface area is 187 Å². The minimum atomic E-state index is -0.162. The lowest BCUT2D eigenvalue weighted by molar-refractivity contribution is -0.116. The van der Waals surface area contributed by atoms with Gasteiger partial charge in [0.2, 0.25) is 5.91 Å². The van der Waals surface area contributed by atoms with E-state index < -0.39 is 0 Å². The van der Waals surface area contributed by atoms with Gasteiger partial charge in [0, 0.05) is 18.2 Å². The van der Waals surface area contributed by atoms with Gasteiger partial charge in [-0.1, -0.05) is 29.8 Å². The summed E-state index contributed by atoms with van der Waals surface area (Å²) in [5.74, 6) is 1.84. The molecule has 1 unspecified atom stereocenters. The van der Waals surface area contributed by atoms with Crippen LogP contribution in [0.2, 0.25) is 5.02 Å². The number of ether oxygens (including phenoxy) is 3. The number of nitrogens with zero attached hydrogens (tertiary/aromatic N) is 1. The van der Waals surface area contributed by atoms with Gasteiger partial charge in [-0.15, -0.1) is 0 Å². The Bertz CT molecular complexity index is 957. The van der Waals surface area contributed by atoms with Crippen LogP contribution in [0.1, 0.15) is 30.0 Å². The van der Waals surface area contributed by atoms with Crippen LogP contribution in [0.5, 0.6) is 17.2 Å². The van der Waals surface area contributed by atoms with E-state index in [0.717, 1.165) is 30.0 Å². The maximum absolute atomic E-state index is 12.6. The Morgan fingerprint density at radius 1 is 1.23 bits per heavy atom. The van der Waals surface area contributed by atoms with Crippen molar-refractivity contribution in [1.29, 1.82) is 0 Å². The summed E-state index contributed by atoms with van der Waals surface area (Å²) in [6, 6.07) is 11.7. The van der Waals surface area contributed by atoms with Crippen LogP contribution in [0, 0.1) is 0 Å². The Hall–Kier alpha value is -2.70. The molecule has 0 aromatic heterocycles. The molecular formula is C24H27ClN2O4. The smallest absolute Gasteiger partial charge is 0.244 e. The minimum Gasteiger partial charge on any atom is -0.496 e. The van der Waals surface area contributed by atoms with Gasteiger partial charge in [0.05, 0.1) is 18.2 Å². The zero-order valence-electron chi connectivity index (χ0n) is 17.6. The van der Waals surface area contributed by atoms with Gasteiger partial charge < -0.3 is 19.5 Å². The maximum Gasteiger partial charge on any atom is 0.244 e. The Morgan fingerprint density at radius 3 is 2.81 bits per heavy atom. The maximum atomic E-state index is 12.6. The second-order valence-corrected chi connectivity index (χ2v) is 8.01. The molecule has 4 rings (SSSR count). The number of amides is 1. The van der Waals surface area contributed by atoms with Crippen LogP contribution in [-0.2, 0) is 4.79 Å². The fourth-order valence-corrected chi connectivity index (χ4v) is 4.36. The standard InChI is InChI=1S/C24H27ClN2O4/c1-29-21-7-3-2-6-18(21)20(27-10-4-5-11-27)16-26-23(28)9-8-17-14-19(25)24-22(15-17)30-12-13-31-24/h2-3,6-9,14-15,20H,4-5,10-13,16H2,1H3,(H,26,28)/b9-8+. The van der Waals surface area contributed by atoms with Crippen LogP contribution >= 0.6 is 11.6 Å². The molecule has 7 heteroatoms. The molecule has 1 N–H and O–H groups in total. The molecule has 1 saturated heterocycles. The van der Waals surface area contributed by atoms with Crippen molar-refractivity contribution in [3.63, 3.8) is 0 Å². The molecule has 1 amide bonds. The molecule has 0 bridgehead atoms. The minimum absolute atomic E-state index is 0.0692. The number of para-hydroxylation sites is 1. The van der Waals surface area contributed by atoms with Crippen molar-refractivity contribution in [2.24, 2.45) is 0 Å². The number of benzene rings is 2. The number of hydrogen-bond donors (Lipinski definition) is 1. The summed E-state index contributed by atoms with van der Waals surface area (Å²) >= 11 is 6.28. The number of carbonyl (C=O) groups excluding carboxylic acids is 1. The summed E-state index contributed by atoms with van der Waals surface area (Å²) in [7, 11) is 1.68. The van der Waals surface area contributed by atoms with Crippen molar-refractivity contribution in [2.45, 2.75) is 18.9 Å². The lowest BCUT2D eigenvalue weighted by Gasteiger charge is -2.29. The second kappa shape index (κ2) is 10.1. The molecule has 2 aromatic carbocycles. The molecule has 6 nitrogen and oxygen atoms in total. The average Bonchev–Trinajstić information content (AvgIpc) is 3.33.